The van der Waals surface area contributed by atoms with E-state index >= 15 is 0 Å². The van der Waals surface area contributed by atoms with Gasteiger partial charge in [-0.1, -0.05) is 0 Å². The highest BCUT2D eigenvalue weighted by atomic mass is 79.9. The lowest BCUT2D eigenvalue weighted by Gasteiger charge is -2.20. The van der Waals surface area contributed by atoms with Gasteiger partial charge in [0, 0.05) is 0 Å². The predicted molar refractivity (Wildman–Crippen MR) is 65.5 cm³/mol. The van der Waals surface area contributed by atoms with E-state index in [0.717, 1.165) is 32.5 Å². The first-order valence-electron chi connectivity index (χ1n) is 4.93. The summed E-state index contributed by atoms with van der Waals surface area (Å²) >= 11 is 3.51. The number of aliphatic hydroxyl groups excluding tert-OH is 1. The van der Waals surface area contributed by atoms with E-state index in [1.165, 1.54) is 0 Å². The maximum atomic E-state index is 9.74. The van der Waals surface area contributed by atoms with Crippen LogP contribution in [0.15, 0.2) is 4.47 Å². The maximum absolute atomic E-state index is 9.74. The fourth-order valence-corrected chi connectivity index (χ4v) is 2.65. The molecule has 2 nitrogen and oxygen atoms in total. The Labute approximate surface area is 99.4 Å². The molecule has 0 aliphatic rings. The van der Waals surface area contributed by atoms with Crippen LogP contribution in [-0.4, -0.2) is 12.2 Å². The molecular formula is C12H17BrO2. The van der Waals surface area contributed by atoms with Crippen molar-refractivity contribution < 1.29 is 9.84 Å². The highest BCUT2D eigenvalue weighted by molar-refractivity contribution is 9.10. The molecule has 0 aliphatic heterocycles. The molecule has 15 heavy (non-hydrogen) atoms. The summed E-state index contributed by atoms with van der Waals surface area (Å²) in [5.74, 6) is 0.856. The summed E-state index contributed by atoms with van der Waals surface area (Å²) < 4.78 is 6.28. The quantitative estimate of drug-likeness (QED) is 0.894. The van der Waals surface area contributed by atoms with Crippen LogP contribution in [0.25, 0.3) is 0 Å². The standard InChI is InChI=1S/C12H17BrO2/c1-6-7(2)12(15-5)11(13)8(3)10(6)9(4)14/h9,14H,1-5H3. The van der Waals surface area contributed by atoms with Gasteiger partial charge in [0.1, 0.15) is 5.75 Å². The Morgan fingerprint density at radius 3 is 2.07 bits per heavy atom. The second-order valence-electron chi connectivity index (χ2n) is 3.81. The predicted octanol–water partition coefficient (Wildman–Crippen LogP) is 3.44. The number of ether oxygens (including phenoxy) is 1. The Kier molecular flexibility index (Phi) is 3.79. The fraction of sp³-hybridized carbons (Fsp3) is 0.500. The summed E-state index contributed by atoms with van der Waals surface area (Å²) in [5.41, 5.74) is 4.21. The van der Waals surface area contributed by atoms with Crippen LogP contribution in [0, 0.1) is 20.8 Å². The topological polar surface area (TPSA) is 29.5 Å². The molecule has 0 aromatic heterocycles. The van der Waals surface area contributed by atoms with Crippen LogP contribution < -0.4 is 4.74 Å². The highest BCUT2D eigenvalue weighted by Crippen LogP contribution is 2.39. The first-order valence-corrected chi connectivity index (χ1v) is 5.72. The third-order valence-electron chi connectivity index (χ3n) is 2.86. The van der Waals surface area contributed by atoms with Crippen molar-refractivity contribution in [1.82, 2.24) is 0 Å². The van der Waals surface area contributed by atoms with E-state index in [9.17, 15) is 5.11 Å². The zero-order chi connectivity index (χ0) is 11.7. The molecule has 3 heteroatoms. The molecule has 1 atom stereocenters. The van der Waals surface area contributed by atoms with Gasteiger partial charge in [0.25, 0.3) is 0 Å². The zero-order valence-electron chi connectivity index (χ0n) is 9.81. The Morgan fingerprint density at radius 2 is 1.67 bits per heavy atom. The maximum Gasteiger partial charge on any atom is 0.136 e. The van der Waals surface area contributed by atoms with Gasteiger partial charge in [-0.05, 0) is 65.9 Å². The summed E-state index contributed by atoms with van der Waals surface area (Å²) in [6, 6.07) is 0. The van der Waals surface area contributed by atoms with Crippen molar-refractivity contribution in [3.05, 3.63) is 26.7 Å². The normalized spacial score (nSPS) is 12.7. The van der Waals surface area contributed by atoms with Crippen molar-refractivity contribution in [2.75, 3.05) is 7.11 Å². The number of hydrogen-bond acceptors (Lipinski definition) is 2. The van der Waals surface area contributed by atoms with Crippen LogP contribution >= 0.6 is 15.9 Å². The number of methoxy groups -OCH3 is 1. The molecule has 1 aromatic rings. The van der Waals surface area contributed by atoms with E-state index in [4.69, 9.17) is 4.74 Å². The molecule has 0 heterocycles. The molecule has 84 valence electrons. The molecule has 0 amide bonds. The second-order valence-corrected chi connectivity index (χ2v) is 4.60. The van der Waals surface area contributed by atoms with Crippen LogP contribution in [0.5, 0.6) is 5.75 Å². The smallest absolute Gasteiger partial charge is 0.136 e. The minimum atomic E-state index is -0.453. The lowest BCUT2D eigenvalue weighted by atomic mass is 9.94. The molecule has 1 rings (SSSR count). The molecule has 0 saturated carbocycles. The summed E-state index contributed by atoms with van der Waals surface area (Å²) in [6.45, 7) is 7.79. The number of aliphatic hydroxyl groups is 1. The highest BCUT2D eigenvalue weighted by Gasteiger charge is 2.18. The van der Waals surface area contributed by atoms with Gasteiger partial charge in [-0.25, -0.2) is 0 Å². The Morgan fingerprint density at radius 1 is 1.13 bits per heavy atom. The minimum Gasteiger partial charge on any atom is -0.495 e. The van der Waals surface area contributed by atoms with Crippen molar-refractivity contribution in [3.63, 3.8) is 0 Å². The van der Waals surface area contributed by atoms with Gasteiger partial charge in [-0.2, -0.15) is 0 Å². The van der Waals surface area contributed by atoms with Crippen molar-refractivity contribution in [1.29, 1.82) is 0 Å². The molecule has 1 unspecified atom stereocenters. The Bertz CT molecular complexity index is 355. The summed E-state index contributed by atoms with van der Waals surface area (Å²) in [4.78, 5) is 0. The van der Waals surface area contributed by atoms with E-state index in [1.807, 2.05) is 20.8 Å². The minimum absolute atomic E-state index is 0.453. The molecule has 0 aliphatic carbocycles. The summed E-state index contributed by atoms with van der Waals surface area (Å²) in [5, 5.41) is 9.74. The van der Waals surface area contributed by atoms with E-state index in [0.29, 0.717) is 0 Å². The van der Waals surface area contributed by atoms with Crippen LogP contribution in [0.3, 0.4) is 0 Å². The Hall–Kier alpha value is -0.540. The third-order valence-corrected chi connectivity index (χ3v) is 3.82. The van der Waals surface area contributed by atoms with Crippen LogP contribution in [0.2, 0.25) is 0 Å². The van der Waals surface area contributed by atoms with Crippen molar-refractivity contribution in [3.8, 4) is 5.75 Å². The molecule has 0 fully saturated rings. The molecule has 1 aromatic carbocycles. The van der Waals surface area contributed by atoms with E-state index in [1.54, 1.807) is 14.0 Å². The average Bonchev–Trinajstić information content (AvgIpc) is 2.16. The molecule has 0 saturated heterocycles. The van der Waals surface area contributed by atoms with E-state index in [2.05, 4.69) is 15.9 Å². The summed E-state index contributed by atoms with van der Waals surface area (Å²) in [7, 11) is 1.66. The molecular weight excluding hydrogens is 256 g/mol. The van der Waals surface area contributed by atoms with Gasteiger partial charge in [-0.15, -0.1) is 0 Å². The Balaban J connectivity index is 3.59. The van der Waals surface area contributed by atoms with Crippen molar-refractivity contribution in [2.24, 2.45) is 0 Å². The lowest BCUT2D eigenvalue weighted by molar-refractivity contribution is 0.197. The van der Waals surface area contributed by atoms with E-state index < -0.39 is 6.10 Å². The lowest BCUT2D eigenvalue weighted by Crippen LogP contribution is -2.04. The van der Waals surface area contributed by atoms with Crippen molar-refractivity contribution in [2.45, 2.75) is 33.8 Å². The largest absolute Gasteiger partial charge is 0.495 e. The van der Waals surface area contributed by atoms with E-state index in [-0.39, 0.29) is 0 Å². The molecule has 0 radical (unpaired) electrons. The first kappa shape index (κ1) is 12.5. The average molecular weight is 273 g/mol. The number of halogens is 1. The monoisotopic (exact) mass is 272 g/mol. The zero-order valence-corrected chi connectivity index (χ0v) is 11.4. The molecule has 0 bridgehead atoms. The third kappa shape index (κ3) is 2.04. The molecule has 1 N–H and O–H groups in total. The van der Waals surface area contributed by atoms with Gasteiger partial charge < -0.3 is 9.84 Å². The van der Waals surface area contributed by atoms with Crippen LogP contribution in [0.4, 0.5) is 0 Å². The first-order chi connectivity index (χ1) is 6.91. The van der Waals surface area contributed by atoms with Crippen LogP contribution in [0.1, 0.15) is 35.3 Å². The van der Waals surface area contributed by atoms with Gasteiger partial charge in [-0.3, -0.25) is 0 Å². The number of hydrogen-bond donors (Lipinski definition) is 1. The van der Waals surface area contributed by atoms with Gasteiger partial charge in [0.05, 0.1) is 17.7 Å². The number of benzene rings is 1. The summed E-state index contributed by atoms with van der Waals surface area (Å²) in [6.07, 6.45) is -0.453. The van der Waals surface area contributed by atoms with Crippen molar-refractivity contribution >= 4 is 15.9 Å². The van der Waals surface area contributed by atoms with Gasteiger partial charge >= 0.3 is 0 Å². The SMILES string of the molecule is COc1c(C)c(C)c(C(C)O)c(C)c1Br. The fourth-order valence-electron chi connectivity index (χ4n) is 1.98. The van der Waals surface area contributed by atoms with Crippen LogP contribution in [-0.2, 0) is 0 Å². The van der Waals surface area contributed by atoms with Gasteiger partial charge in [0.15, 0.2) is 0 Å². The second kappa shape index (κ2) is 4.54. The van der Waals surface area contributed by atoms with Gasteiger partial charge in [0.2, 0.25) is 0 Å². The number of rotatable bonds is 2. The molecule has 0 spiro atoms.